The van der Waals surface area contributed by atoms with Crippen LogP contribution in [0.2, 0.25) is 0 Å². The first kappa shape index (κ1) is 19.8. The summed E-state index contributed by atoms with van der Waals surface area (Å²) in [6.45, 7) is 3.39. The Morgan fingerprint density at radius 1 is 1.29 bits per heavy atom. The van der Waals surface area contributed by atoms with Crippen molar-refractivity contribution in [1.29, 1.82) is 0 Å². The van der Waals surface area contributed by atoms with Gasteiger partial charge < -0.3 is 14.6 Å². The zero-order chi connectivity index (χ0) is 19.9. The minimum absolute atomic E-state index is 0.0342. The van der Waals surface area contributed by atoms with E-state index in [1.165, 1.54) is 24.4 Å². The number of hydrogen-bond donors (Lipinski definition) is 1. The van der Waals surface area contributed by atoms with Crippen molar-refractivity contribution in [1.82, 2.24) is 4.90 Å². The summed E-state index contributed by atoms with van der Waals surface area (Å²) in [5.41, 5.74) is 1.34. The molecule has 2 aromatic rings. The van der Waals surface area contributed by atoms with E-state index in [0.29, 0.717) is 25.3 Å². The second-order valence-electron chi connectivity index (χ2n) is 6.43. The lowest BCUT2D eigenvalue weighted by Crippen LogP contribution is -2.40. The first-order chi connectivity index (χ1) is 13.6. The molecule has 0 radical (unpaired) electrons. The third kappa shape index (κ3) is 4.85. The number of nitrogens with zero attached hydrogens (tertiary/aromatic N) is 3. The maximum absolute atomic E-state index is 10.9. The van der Waals surface area contributed by atoms with Crippen molar-refractivity contribution in [2.75, 3.05) is 40.0 Å². The fourth-order valence-electron chi connectivity index (χ4n) is 3.16. The van der Waals surface area contributed by atoms with Crippen molar-refractivity contribution in [3.8, 4) is 11.5 Å². The van der Waals surface area contributed by atoms with Gasteiger partial charge in [0.05, 0.1) is 37.8 Å². The lowest BCUT2D eigenvalue weighted by atomic mass is 10.0. The van der Waals surface area contributed by atoms with E-state index in [2.05, 4.69) is 9.89 Å². The number of aromatic hydroxyl groups is 1. The number of phenolic OH excluding ortho intramolecular Hbond substituents is 1. The molecule has 28 heavy (non-hydrogen) atoms. The Kier molecular flexibility index (Phi) is 6.57. The van der Waals surface area contributed by atoms with Gasteiger partial charge in [0, 0.05) is 37.0 Å². The number of non-ortho nitro benzene ring substituents is 1. The number of aliphatic imine (C=N–C) groups is 1. The van der Waals surface area contributed by atoms with Gasteiger partial charge in [-0.1, -0.05) is 12.1 Å². The van der Waals surface area contributed by atoms with Crippen LogP contribution in [0.25, 0.3) is 0 Å². The molecular weight excluding hydrogens is 362 g/mol. The van der Waals surface area contributed by atoms with Crippen LogP contribution >= 0.6 is 0 Å². The van der Waals surface area contributed by atoms with E-state index in [1.54, 1.807) is 7.11 Å². The highest BCUT2D eigenvalue weighted by molar-refractivity contribution is 5.84. The normalized spacial score (nSPS) is 16.2. The minimum atomic E-state index is -0.495. The Morgan fingerprint density at radius 3 is 2.64 bits per heavy atom. The van der Waals surface area contributed by atoms with Gasteiger partial charge in [0.1, 0.15) is 11.5 Å². The van der Waals surface area contributed by atoms with Gasteiger partial charge in [0.25, 0.3) is 5.69 Å². The Bertz CT molecular complexity index is 832. The Morgan fingerprint density at radius 2 is 2.00 bits per heavy atom. The summed E-state index contributed by atoms with van der Waals surface area (Å²) in [6.07, 6.45) is 1.49. The molecule has 8 heteroatoms. The number of hydrogen-bond acceptors (Lipinski definition) is 7. The van der Waals surface area contributed by atoms with Crippen LogP contribution in [0.4, 0.5) is 5.69 Å². The zero-order valence-corrected chi connectivity index (χ0v) is 15.7. The molecule has 0 unspecified atom stereocenters. The first-order valence-corrected chi connectivity index (χ1v) is 9.01. The van der Waals surface area contributed by atoms with Crippen molar-refractivity contribution < 1.29 is 19.5 Å². The summed E-state index contributed by atoms with van der Waals surface area (Å²) in [5.74, 6) is 0.746. The maximum Gasteiger partial charge on any atom is 0.270 e. The number of nitro groups is 1. The Hall–Kier alpha value is -2.97. The molecule has 1 aliphatic rings. The second-order valence-corrected chi connectivity index (χ2v) is 6.43. The van der Waals surface area contributed by atoms with E-state index < -0.39 is 4.92 Å². The van der Waals surface area contributed by atoms with Gasteiger partial charge in [-0.25, -0.2) is 0 Å². The molecule has 1 atom stereocenters. The van der Waals surface area contributed by atoms with Crippen molar-refractivity contribution in [2.45, 2.75) is 6.04 Å². The highest BCUT2D eigenvalue weighted by Gasteiger charge is 2.22. The fraction of sp³-hybridized carbons (Fsp3) is 0.350. The number of phenols is 1. The summed E-state index contributed by atoms with van der Waals surface area (Å²) in [4.78, 5) is 17.2. The van der Waals surface area contributed by atoms with E-state index in [0.717, 1.165) is 24.4 Å². The number of ether oxygens (including phenoxy) is 2. The molecule has 148 valence electrons. The lowest BCUT2D eigenvalue weighted by molar-refractivity contribution is -0.384. The van der Waals surface area contributed by atoms with E-state index in [1.807, 2.05) is 24.3 Å². The summed E-state index contributed by atoms with van der Waals surface area (Å²) in [6, 6.07) is 11.8. The van der Waals surface area contributed by atoms with Gasteiger partial charge in [0.15, 0.2) is 0 Å². The summed E-state index contributed by atoms with van der Waals surface area (Å²) in [7, 11) is 1.63. The average molecular weight is 385 g/mol. The van der Waals surface area contributed by atoms with Crippen molar-refractivity contribution in [3.05, 3.63) is 63.7 Å². The lowest BCUT2D eigenvalue weighted by Gasteiger charge is -2.34. The van der Waals surface area contributed by atoms with Crippen LogP contribution < -0.4 is 4.74 Å². The molecule has 1 aliphatic heterocycles. The van der Waals surface area contributed by atoms with Crippen LogP contribution in [0.5, 0.6) is 11.5 Å². The molecule has 1 N–H and O–H groups in total. The maximum atomic E-state index is 10.9. The Labute approximate surface area is 163 Å². The minimum Gasteiger partial charge on any atom is -0.507 e. The predicted octanol–water partition coefficient (Wildman–Crippen LogP) is 2.80. The zero-order valence-electron chi connectivity index (χ0n) is 15.7. The standard InChI is InChI=1S/C20H23N3O5/c1-27-18-5-2-15(3-6-18)19(22-8-10-28-11-9-22)14-21-13-16-12-17(23(25)26)4-7-20(16)24/h2-7,12-13,19,24H,8-11,14H2,1H3/t19-/m0/s1. The predicted molar refractivity (Wildman–Crippen MR) is 105 cm³/mol. The van der Waals surface area contributed by atoms with Gasteiger partial charge in [-0.05, 0) is 23.8 Å². The number of morpholine rings is 1. The van der Waals surface area contributed by atoms with Gasteiger partial charge in [-0.2, -0.15) is 0 Å². The molecule has 0 bridgehead atoms. The highest BCUT2D eigenvalue weighted by Crippen LogP contribution is 2.25. The van der Waals surface area contributed by atoms with Crippen molar-refractivity contribution >= 4 is 11.9 Å². The fourth-order valence-corrected chi connectivity index (χ4v) is 3.16. The van der Waals surface area contributed by atoms with E-state index in [9.17, 15) is 15.2 Å². The number of benzene rings is 2. The van der Waals surface area contributed by atoms with E-state index in [-0.39, 0.29) is 17.5 Å². The SMILES string of the molecule is COc1ccc([C@H](CN=Cc2cc([N+](=O)[O-])ccc2O)N2CCOCC2)cc1. The molecular formula is C20H23N3O5. The molecule has 0 amide bonds. The molecule has 1 heterocycles. The number of methoxy groups -OCH3 is 1. The molecule has 1 fully saturated rings. The quantitative estimate of drug-likeness (QED) is 0.447. The third-order valence-corrected chi connectivity index (χ3v) is 4.72. The summed E-state index contributed by atoms with van der Waals surface area (Å²) >= 11 is 0. The van der Waals surface area contributed by atoms with Gasteiger partial charge in [0.2, 0.25) is 0 Å². The van der Waals surface area contributed by atoms with Crippen LogP contribution in [-0.4, -0.2) is 61.1 Å². The number of nitro benzene ring substituents is 1. The van der Waals surface area contributed by atoms with Crippen molar-refractivity contribution in [3.63, 3.8) is 0 Å². The van der Waals surface area contributed by atoms with E-state index >= 15 is 0 Å². The first-order valence-electron chi connectivity index (χ1n) is 9.01. The number of rotatable bonds is 7. The van der Waals surface area contributed by atoms with Gasteiger partial charge >= 0.3 is 0 Å². The molecule has 0 aliphatic carbocycles. The summed E-state index contributed by atoms with van der Waals surface area (Å²) < 4.78 is 10.7. The van der Waals surface area contributed by atoms with Crippen molar-refractivity contribution in [2.24, 2.45) is 4.99 Å². The molecule has 3 rings (SSSR count). The second kappa shape index (κ2) is 9.29. The third-order valence-electron chi connectivity index (χ3n) is 4.72. The van der Waals surface area contributed by atoms with Crippen LogP contribution in [0, 0.1) is 10.1 Å². The smallest absolute Gasteiger partial charge is 0.270 e. The summed E-state index contributed by atoms with van der Waals surface area (Å²) in [5, 5.41) is 20.9. The van der Waals surface area contributed by atoms with Crippen LogP contribution in [-0.2, 0) is 4.74 Å². The molecule has 0 saturated carbocycles. The van der Waals surface area contributed by atoms with E-state index in [4.69, 9.17) is 9.47 Å². The van der Waals surface area contributed by atoms with Crippen LogP contribution in [0.3, 0.4) is 0 Å². The monoisotopic (exact) mass is 385 g/mol. The van der Waals surface area contributed by atoms with Gasteiger partial charge in [-0.3, -0.25) is 20.0 Å². The molecule has 0 spiro atoms. The topological polar surface area (TPSA) is 97.4 Å². The highest BCUT2D eigenvalue weighted by atomic mass is 16.6. The average Bonchev–Trinajstić information content (AvgIpc) is 2.73. The molecule has 8 nitrogen and oxygen atoms in total. The molecule has 2 aromatic carbocycles. The van der Waals surface area contributed by atoms with Gasteiger partial charge in [-0.15, -0.1) is 0 Å². The van der Waals surface area contributed by atoms with Crippen LogP contribution in [0.1, 0.15) is 17.2 Å². The van der Waals surface area contributed by atoms with Crippen LogP contribution in [0.15, 0.2) is 47.5 Å². The molecule has 1 saturated heterocycles. The molecule has 0 aromatic heterocycles. The largest absolute Gasteiger partial charge is 0.507 e. The Balaban J connectivity index is 1.80.